The van der Waals surface area contributed by atoms with Crippen molar-refractivity contribution < 1.29 is 4.79 Å². The molecule has 2 heterocycles. The molecule has 2 N–H and O–H groups in total. The van der Waals surface area contributed by atoms with Crippen LogP contribution < -0.4 is 5.32 Å². The fourth-order valence-corrected chi connectivity index (χ4v) is 2.51. The number of carbonyl (C=O) groups is 1. The number of aromatic nitrogens is 2. The van der Waals surface area contributed by atoms with Crippen LogP contribution in [0, 0.1) is 13.8 Å². The fraction of sp³-hybridized carbons (Fsp3) is 0.176. The summed E-state index contributed by atoms with van der Waals surface area (Å²) in [6.45, 7) is 4.43. The van der Waals surface area contributed by atoms with E-state index in [0.717, 1.165) is 33.3 Å². The zero-order valence-electron chi connectivity index (χ0n) is 12.1. The van der Waals surface area contributed by atoms with Crippen molar-refractivity contribution in [1.29, 1.82) is 0 Å². The molecule has 0 aliphatic carbocycles. The number of carbonyl (C=O) groups excluding carboxylic acids is 1. The molecule has 0 bridgehead atoms. The molecule has 3 rings (SSSR count). The Balaban J connectivity index is 1.87. The van der Waals surface area contributed by atoms with E-state index in [-0.39, 0.29) is 5.91 Å². The first kappa shape index (κ1) is 13.4. The van der Waals surface area contributed by atoms with Crippen LogP contribution in [0.3, 0.4) is 0 Å². The van der Waals surface area contributed by atoms with Crippen molar-refractivity contribution in [3.63, 3.8) is 0 Å². The highest BCUT2D eigenvalue weighted by Gasteiger charge is 2.15. The number of aryl methyl sites for hydroxylation is 2. The minimum Gasteiger partial charge on any atom is -0.358 e. The lowest BCUT2D eigenvalue weighted by Crippen LogP contribution is -2.23. The van der Waals surface area contributed by atoms with Crippen LogP contribution in [0.1, 0.15) is 27.2 Å². The summed E-state index contributed by atoms with van der Waals surface area (Å²) in [6, 6.07) is 9.89. The molecular formula is C17H17N3O. The molecule has 0 aliphatic rings. The predicted octanol–water partition coefficient (Wildman–Crippen LogP) is 3.11. The maximum Gasteiger partial charge on any atom is 0.253 e. The number of pyridine rings is 1. The molecule has 1 amide bonds. The number of nitrogens with one attached hydrogen (secondary N) is 2. The van der Waals surface area contributed by atoms with E-state index in [1.54, 1.807) is 12.4 Å². The van der Waals surface area contributed by atoms with Crippen LogP contribution in [0.5, 0.6) is 0 Å². The standard InChI is InChI=1S/C17H17N3O/c1-11-5-6-15-14(8-11)16(12(2)20-15)17(21)19-10-13-4-3-7-18-9-13/h3-9,20H,10H2,1-2H3,(H,19,21). The summed E-state index contributed by atoms with van der Waals surface area (Å²) in [5.74, 6) is -0.0618. The Labute approximate surface area is 123 Å². The number of benzene rings is 1. The number of rotatable bonds is 3. The van der Waals surface area contributed by atoms with E-state index in [0.29, 0.717) is 6.54 Å². The third-order valence-electron chi connectivity index (χ3n) is 3.54. The highest BCUT2D eigenvalue weighted by molar-refractivity contribution is 6.08. The first-order chi connectivity index (χ1) is 10.1. The van der Waals surface area contributed by atoms with Gasteiger partial charge >= 0.3 is 0 Å². The Kier molecular flexibility index (Phi) is 3.44. The van der Waals surface area contributed by atoms with E-state index in [2.05, 4.69) is 15.3 Å². The maximum absolute atomic E-state index is 12.5. The molecule has 0 spiro atoms. The number of nitrogens with zero attached hydrogens (tertiary/aromatic N) is 1. The van der Waals surface area contributed by atoms with Gasteiger partial charge in [-0.05, 0) is 37.6 Å². The summed E-state index contributed by atoms with van der Waals surface area (Å²) in [4.78, 5) is 19.8. The number of hydrogen-bond acceptors (Lipinski definition) is 2. The minimum absolute atomic E-state index is 0.0618. The molecule has 4 heteroatoms. The Morgan fingerprint density at radius 3 is 2.90 bits per heavy atom. The van der Waals surface area contributed by atoms with Crippen LogP contribution in [0.25, 0.3) is 10.9 Å². The molecule has 0 unspecified atom stereocenters. The molecule has 21 heavy (non-hydrogen) atoms. The minimum atomic E-state index is -0.0618. The number of amides is 1. The average molecular weight is 279 g/mol. The fourth-order valence-electron chi connectivity index (χ4n) is 2.51. The largest absolute Gasteiger partial charge is 0.358 e. The summed E-state index contributed by atoms with van der Waals surface area (Å²) >= 11 is 0. The third kappa shape index (κ3) is 2.65. The van der Waals surface area contributed by atoms with Gasteiger partial charge in [0.05, 0.1) is 5.56 Å². The molecule has 0 aliphatic heterocycles. The summed E-state index contributed by atoms with van der Waals surface area (Å²) in [5.41, 5.74) is 4.73. The number of aromatic amines is 1. The van der Waals surface area contributed by atoms with Gasteiger partial charge in [0.2, 0.25) is 0 Å². The average Bonchev–Trinajstić information content (AvgIpc) is 2.81. The van der Waals surface area contributed by atoms with Gasteiger partial charge in [0, 0.05) is 35.5 Å². The van der Waals surface area contributed by atoms with E-state index in [9.17, 15) is 4.79 Å². The van der Waals surface area contributed by atoms with Gasteiger partial charge in [-0.25, -0.2) is 0 Å². The normalized spacial score (nSPS) is 10.8. The predicted molar refractivity (Wildman–Crippen MR) is 83.2 cm³/mol. The Morgan fingerprint density at radius 2 is 2.14 bits per heavy atom. The summed E-state index contributed by atoms with van der Waals surface area (Å²) in [7, 11) is 0. The molecule has 4 nitrogen and oxygen atoms in total. The lowest BCUT2D eigenvalue weighted by atomic mass is 10.1. The molecule has 0 saturated heterocycles. The van der Waals surface area contributed by atoms with Crippen LogP contribution in [-0.2, 0) is 6.54 Å². The summed E-state index contributed by atoms with van der Waals surface area (Å²) < 4.78 is 0. The van der Waals surface area contributed by atoms with Gasteiger partial charge in [-0.15, -0.1) is 0 Å². The molecule has 0 atom stereocenters. The van der Waals surface area contributed by atoms with Gasteiger partial charge < -0.3 is 10.3 Å². The second-order valence-corrected chi connectivity index (χ2v) is 5.22. The number of H-pyrrole nitrogens is 1. The Morgan fingerprint density at radius 1 is 1.29 bits per heavy atom. The molecule has 0 saturated carbocycles. The SMILES string of the molecule is Cc1ccc2[nH]c(C)c(C(=O)NCc3cccnc3)c2c1. The Bertz CT molecular complexity index is 790. The van der Waals surface area contributed by atoms with Gasteiger partial charge in [0.1, 0.15) is 0 Å². The lowest BCUT2D eigenvalue weighted by molar-refractivity contribution is 0.0952. The van der Waals surface area contributed by atoms with Crippen molar-refractivity contribution >= 4 is 16.8 Å². The van der Waals surface area contributed by atoms with Crippen LogP contribution in [0.4, 0.5) is 0 Å². The second-order valence-electron chi connectivity index (χ2n) is 5.22. The van der Waals surface area contributed by atoms with Crippen LogP contribution in [0.2, 0.25) is 0 Å². The monoisotopic (exact) mass is 279 g/mol. The van der Waals surface area contributed by atoms with E-state index in [1.807, 2.05) is 44.2 Å². The van der Waals surface area contributed by atoms with Gasteiger partial charge in [-0.1, -0.05) is 17.7 Å². The first-order valence-electron chi connectivity index (χ1n) is 6.91. The molecule has 3 aromatic rings. The van der Waals surface area contributed by atoms with Crippen LogP contribution in [0.15, 0.2) is 42.7 Å². The molecule has 0 radical (unpaired) electrons. The number of fused-ring (bicyclic) bond motifs is 1. The summed E-state index contributed by atoms with van der Waals surface area (Å²) in [6.07, 6.45) is 3.48. The van der Waals surface area contributed by atoms with Crippen molar-refractivity contribution in [2.45, 2.75) is 20.4 Å². The molecule has 2 aromatic heterocycles. The first-order valence-corrected chi connectivity index (χ1v) is 6.91. The molecule has 1 aromatic carbocycles. The molecule has 0 fully saturated rings. The van der Waals surface area contributed by atoms with Gasteiger partial charge in [0.25, 0.3) is 5.91 Å². The van der Waals surface area contributed by atoms with E-state index < -0.39 is 0 Å². The third-order valence-corrected chi connectivity index (χ3v) is 3.54. The van der Waals surface area contributed by atoms with E-state index in [1.165, 1.54) is 0 Å². The topological polar surface area (TPSA) is 57.8 Å². The molecule has 106 valence electrons. The van der Waals surface area contributed by atoms with Gasteiger partial charge in [0.15, 0.2) is 0 Å². The second kappa shape index (κ2) is 5.40. The highest BCUT2D eigenvalue weighted by atomic mass is 16.1. The zero-order chi connectivity index (χ0) is 14.8. The van der Waals surface area contributed by atoms with Crippen LogP contribution in [-0.4, -0.2) is 15.9 Å². The van der Waals surface area contributed by atoms with Crippen molar-refractivity contribution in [2.24, 2.45) is 0 Å². The lowest BCUT2D eigenvalue weighted by Gasteiger charge is -2.05. The van der Waals surface area contributed by atoms with Gasteiger partial charge in [-0.3, -0.25) is 9.78 Å². The van der Waals surface area contributed by atoms with Crippen LogP contribution >= 0.6 is 0 Å². The molecular weight excluding hydrogens is 262 g/mol. The highest BCUT2D eigenvalue weighted by Crippen LogP contribution is 2.23. The van der Waals surface area contributed by atoms with E-state index >= 15 is 0 Å². The quantitative estimate of drug-likeness (QED) is 0.774. The van der Waals surface area contributed by atoms with Crippen molar-refractivity contribution in [3.05, 3.63) is 65.1 Å². The van der Waals surface area contributed by atoms with Gasteiger partial charge in [-0.2, -0.15) is 0 Å². The smallest absolute Gasteiger partial charge is 0.253 e. The van der Waals surface area contributed by atoms with Crippen molar-refractivity contribution in [1.82, 2.24) is 15.3 Å². The number of hydrogen-bond donors (Lipinski definition) is 2. The zero-order valence-corrected chi connectivity index (χ0v) is 12.1. The van der Waals surface area contributed by atoms with Crippen molar-refractivity contribution in [2.75, 3.05) is 0 Å². The maximum atomic E-state index is 12.5. The van der Waals surface area contributed by atoms with Crippen molar-refractivity contribution in [3.8, 4) is 0 Å². The Hall–Kier alpha value is -2.62. The summed E-state index contributed by atoms with van der Waals surface area (Å²) in [5, 5.41) is 3.92. The van der Waals surface area contributed by atoms with E-state index in [4.69, 9.17) is 0 Å².